The SMILES string of the molecule is CCc1nc(Cc2cc(F)cc(F)c2)nc(NC)c1C. The van der Waals surface area contributed by atoms with Gasteiger partial charge in [0.05, 0.1) is 0 Å². The van der Waals surface area contributed by atoms with Gasteiger partial charge < -0.3 is 5.32 Å². The molecule has 0 aliphatic rings. The molecule has 1 aromatic heterocycles. The van der Waals surface area contributed by atoms with Crippen LogP contribution in [-0.2, 0) is 12.8 Å². The highest BCUT2D eigenvalue weighted by Gasteiger charge is 2.10. The number of nitrogens with zero attached hydrogens (tertiary/aromatic N) is 2. The largest absolute Gasteiger partial charge is 0.373 e. The van der Waals surface area contributed by atoms with Crippen molar-refractivity contribution >= 4 is 5.82 Å². The zero-order valence-electron chi connectivity index (χ0n) is 11.8. The van der Waals surface area contributed by atoms with Crippen molar-refractivity contribution in [2.75, 3.05) is 12.4 Å². The molecule has 106 valence electrons. The number of aromatic nitrogens is 2. The number of anilines is 1. The van der Waals surface area contributed by atoms with Crippen LogP contribution in [0.25, 0.3) is 0 Å². The Kier molecular flexibility index (Phi) is 4.27. The van der Waals surface area contributed by atoms with E-state index in [4.69, 9.17) is 0 Å². The van der Waals surface area contributed by atoms with Gasteiger partial charge >= 0.3 is 0 Å². The number of rotatable bonds is 4. The van der Waals surface area contributed by atoms with Crippen molar-refractivity contribution < 1.29 is 8.78 Å². The zero-order chi connectivity index (χ0) is 14.7. The summed E-state index contributed by atoms with van der Waals surface area (Å²) < 4.78 is 26.4. The minimum atomic E-state index is -0.586. The molecule has 0 saturated heterocycles. The fraction of sp³-hybridized carbons (Fsp3) is 0.333. The van der Waals surface area contributed by atoms with Gasteiger partial charge in [0.25, 0.3) is 0 Å². The summed E-state index contributed by atoms with van der Waals surface area (Å²) in [6, 6.07) is 3.46. The first-order valence-corrected chi connectivity index (χ1v) is 6.52. The average molecular weight is 277 g/mol. The Balaban J connectivity index is 2.38. The summed E-state index contributed by atoms with van der Waals surface area (Å²) in [5.41, 5.74) is 2.47. The number of aryl methyl sites for hydroxylation is 1. The molecule has 1 N–H and O–H groups in total. The standard InChI is InChI=1S/C15H17F2N3/c1-4-13-9(2)15(18-3)20-14(19-13)7-10-5-11(16)8-12(17)6-10/h5-6,8H,4,7H2,1-3H3,(H,18,19,20). The van der Waals surface area contributed by atoms with Crippen molar-refractivity contribution in [2.24, 2.45) is 0 Å². The molecule has 0 saturated carbocycles. The molecule has 2 rings (SSSR count). The summed E-state index contributed by atoms with van der Waals surface area (Å²) >= 11 is 0. The van der Waals surface area contributed by atoms with Crippen LogP contribution in [0.1, 0.15) is 29.6 Å². The van der Waals surface area contributed by atoms with Crippen molar-refractivity contribution in [3.8, 4) is 0 Å². The molecule has 0 atom stereocenters. The fourth-order valence-electron chi connectivity index (χ4n) is 2.18. The van der Waals surface area contributed by atoms with E-state index in [1.165, 1.54) is 12.1 Å². The maximum atomic E-state index is 13.2. The van der Waals surface area contributed by atoms with E-state index in [1.807, 2.05) is 13.8 Å². The third-order valence-corrected chi connectivity index (χ3v) is 3.15. The lowest BCUT2D eigenvalue weighted by atomic mass is 10.1. The lowest BCUT2D eigenvalue weighted by Gasteiger charge is -2.11. The van der Waals surface area contributed by atoms with Crippen LogP contribution < -0.4 is 5.32 Å². The van der Waals surface area contributed by atoms with Gasteiger partial charge in [-0.3, -0.25) is 0 Å². The third kappa shape index (κ3) is 3.10. The first-order chi connectivity index (χ1) is 9.53. The van der Waals surface area contributed by atoms with Crippen LogP contribution in [0.5, 0.6) is 0 Å². The first-order valence-electron chi connectivity index (χ1n) is 6.52. The monoisotopic (exact) mass is 277 g/mol. The Labute approximate surface area is 117 Å². The van der Waals surface area contributed by atoms with E-state index in [0.717, 1.165) is 29.6 Å². The van der Waals surface area contributed by atoms with E-state index >= 15 is 0 Å². The van der Waals surface area contributed by atoms with E-state index in [9.17, 15) is 8.78 Å². The molecule has 0 spiro atoms. The smallest absolute Gasteiger partial charge is 0.135 e. The Morgan fingerprint density at radius 1 is 1.10 bits per heavy atom. The summed E-state index contributed by atoms with van der Waals surface area (Å²) in [6.07, 6.45) is 1.09. The van der Waals surface area contributed by atoms with Gasteiger partial charge in [0.15, 0.2) is 0 Å². The maximum absolute atomic E-state index is 13.2. The van der Waals surface area contributed by atoms with Gasteiger partial charge in [-0.05, 0) is 31.0 Å². The first kappa shape index (κ1) is 14.4. The van der Waals surface area contributed by atoms with E-state index in [0.29, 0.717) is 17.8 Å². The second-order valence-electron chi connectivity index (χ2n) is 4.62. The molecular formula is C15H17F2N3. The Morgan fingerprint density at radius 2 is 1.75 bits per heavy atom. The topological polar surface area (TPSA) is 37.8 Å². The van der Waals surface area contributed by atoms with Gasteiger partial charge in [0.2, 0.25) is 0 Å². The Morgan fingerprint density at radius 3 is 2.30 bits per heavy atom. The molecule has 0 bridgehead atoms. The lowest BCUT2D eigenvalue weighted by molar-refractivity contribution is 0.580. The number of hydrogen-bond acceptors (Lipinski definition) is 3. The van der Waals surface area contributed by atoms with Crippen LogP contribution in [-0.4, -0.2) is 17.0 Å². The molecule has 0 fully saturated rings. The number of benzene rings is 1. The van der Waals surface area contributed by atoms with Gasteiger partial charge in [-0.25, -0.2) is 18.7 Å². The molecule has 1 heterocycles. The zero-order valence-corrected chi connectivity index (χ0v) is 11.8. The molecular weight excluding hydrogens is 260 g/mol. The molecule has 0 unspecified atom stereocenters. The van der Waals surface area contributed by atoms with E-state index in [2.05, 4.69) is 15.3 Å². The maximum Gasteiger partial charge on any atom is 0.135 e. The van der Waals surface area contributed by atoms with Gasteiger partial charge in [0, 0.05) is 30.8 Å². The molecule has 0 amide bonds. The van der Waals surface area contributed by atoms with E-state index in [-0.39, 0.29) is 0 Å². The van der Waals surface area contributed by atoms with Crippen LogP contribution in [0.3, 0.4) is 0 Å². The lowest BCUT2D eigenvalue weighted by Crippen LogP contribution is -2.07. The van der Waals surface area contributed by atoms with Gasteiger partial charge in [-0.2, -0.15) is 0 Å². The molecule has 2 aromatic rings. The Bertz CT molecular complexity index is 581. The van der Waals surface area contributed by atoms with E-state index < -0.39 is 11.6 Å². The predicted molar refractivity (Wildman–Crippen MR) is 74.9 cm³/mol. The molecule has 0 radical (unpaired) electrons. The van der Waals surface area contributed by atoms with Crippen molar-refractivity contribution in [3.63, 3.8) is 0 Å². The highest BCUT2D eigenvalue weighted by molar-refractivity contribution is 5.45. The number of nitrogens with one attached hydrogen (secondary N) is 1. The van der Waals surface area contributed by atoms with Crippen LogP contribution in [0.4, 0.5) is 14.6 Å². The van der Waals surface area contributed by atoms with Gasteiger partial charge in [0.1, 0.15) is 23.3 Å². The second kappa shape index (κ2) is 5.94. The van der Waals surface area contributed by atoms with Crippen LogP contribution in [0, 0.1) is 18.6 Å². The second-order valence-corrected chi connectivity index (χ2v) is 4.62. The van der Waals surface area contributed by atoms with E-state index in [1.54, 1.807) is 7.05 Å². The van der Waals surface area contributed by atoms with Gasteiger partial charge in [-0.15, -0.1) is 0 Å². The molecule has 0 aliphatic carbocycles. The summed E-state index contributed by atoms with van der Waals surface area (Å²) in [6.45, 7) is 3.97. The van der Waals surface area contributed by atoms with Crippen molar-refractivity contribution in [1.82, 2.24) is 9.97 Å². The highest BCUT2D eigenvalue weighted by Crippen LogP contribution is 2.18. The number of halogens is 2. The van der Waals surface area contributed by atoms with Crippen molar-refractivity contribution in [1.29, 1.82) is 0 Å². The molecule has 5 heteroatoms. The van der Waals surface area contributed by atoms with Crippen LogP contribution >= 0.6 is 0 Å². The highest BCUT2D eigenvalue weighted by atomic mass is 19.1. The summed E-state index contributed by atoms with van der Waals surface area (Å²) in [7, 11) is 1.79. The molecule has 1 aromatic carbocycles. The summed E-state index contributed by atoms with van der Waals surface area (Å²) in [5.74, 6) is 0.138. The van der Waals surface area contributed by atoms with Crippen LogP contribution in [0.15, 0.2) is 18.2 Å². The predicted octanol–water partition coefficient (Wildman–Crippen LogP) is 3.26. The minimum Gasteiger partial charge on any atom is -0.373 e. The molecule has 20 heavy (non-hydrogen) atoms. The van der Waals surface area contributed by atoms with Crippen molar-refractivity contribution in [2.45, 2.75) is 26.7 Å². The summed E-state index contributed by atoms with van der Waals surface area (Å²) in [4.78, 5) is 8.84. The average Bonchev–Trinajstić information content (AvgIpc) is 2.39. The molecule has 3 nitrogen and oxygen atoms in total. The summed E-state index contributed by atoms with van der Waals surface area (Å²) in [5, 5.41) is 3.02. The number of hydrogen-bond donors (Lipinski definition) is 1. The Hall–Kier alpha value is -2.04. The van der Waals surface area contributed by atoms with Crippen LogP contribution in [0.2, 0.25) is 0 Å². The fourth-order valence-corrected chi connectivity index (χ4v) is 2.18. The molecule has 0 aliphatic heterocycles. The quantitative estimate of drug-likeness (QED) is 0.932. The van der Waals surface area contributed by atoms with Gasteiger partial charge in [-0.1, -0.05) is 6.92 Å². The van der Waals surface area contributed by atoms with Crippen molar-refractivity contribution in [3.05, 3.63) is 52.5 Å². The normalized spacial score (nSPS) is 10.7. The third-order valence-electron chi connectivity index (χ3n) is 3.15. The minimum absolute atomic E-state index is 0.302.